The summed E-state index contributed by atoms with van der Waals surface area (Å²) in [5, 5.41) is 4.59. The number of thiophene rings is 1. The molecule has 3 N–H and O–H groups in total. The number of rotatable bonds is 5. The third-order valence-corrected chi connectivity index (χ3v) is 6.59. The van der Waals surface area contributed by atoms with E-state index in [0.29, 0.717) is 20.7 Å². The van der Waals surface area contributed by atoms with Crippen LogP contribution in [0.5, 0.6) is 0 Å². The number of benzene rings is 2. The van der Waals surface area contributed by atoms with E-state index in [2.05, 4.69) is 5.32 Å². The average Bonchev–Trinajstić information content (AvgIpc) is 3.03. The Morgan fingerprint density at radius 3 is 2.43 bits per heavy atom. The monoisotopic (exact) mass is 475 g/mol. The highest BCUT2D eigenvalue weighted by atomic mass is 35.5. The minimum absolute atomic E-state index is 0.145. The lowest BCUT2D eigenvalue weighted by Gasteiger charge is -2.16. The number of hydrogen-bond donors (Lipinski definition) is 3. The smallest absolute Gasteiger partial charge is 0.332 e. The van der Waals surface area contributed by atoms with Crippen molar-refractivity contribution in [3.05, 3.63) is 75.8 Å². The van der Waals surface area contributed by atoms with Gasteiger partial charge in [-0.2, -0.15) is 13.2 Å². The van der Waals surface area contributed by atoms with Gasteiger partial charge in [0, 0.05) is 15.9 Å². The summed E-state index contributed by atoms with van der Waals surface area (Å²) >= 11 is 7.18. The van der Waals surface area contributed by atoms with Gasteiger partial charge in [-0.05, 0) is 58.3 Å². The molecule has 0 bridgehead atoms. The van der Waals surface area contributed by atoms with Gasteiger partial charge in [-0.25, -0.2) is 0 Å². The Kier molecular flexibility index (Phi) is 6.40. The van der Waals surface area contributed by atoms with Gasteiger partial charge >= 0.3 is 13.8 Å². The van der Waals surface area contributed by atoms with Crippen LogP contribution in [0.4, 0.5) is 13.2 Å². The molecule has 0 radical (unpaired) electrons. The lowest BCUT2D eigenvalue weighted by atomic mass is 10.1. The normalized spacial score (nSPS) is 13.7. The quantitative estimate of drug-likeness (QED) is 0.420. The van der Waals surface area contributed by atoms with Crippen molar-refractivity contribution in [3.63, 3.8) is 0 Å². The Morgan fingerprint density at radius 1 is 1.17 bits per heavy atom. The summed E-state index contributed by atoms with van der Waals surface area (Å²) in [5.41, 5.74) is -2.06. The molecule has 5 nitrogen and oxygen atoms in total. The van der Waals surface area contributed by atoms with Crippen LogP contribution in [0.2, 0.25) is 5.02 Å². The Balaban J connectivity index is 1.82. The molecule has 3 aromatic rings. The Morgan fingerprint density at radius 2 is 1.83 bits per heavy atom. The van der Waals surface area contributed by atoms with Crippen LogP contribution in [-0.4, -0.2) is 15.7 Å². The number of nitrogens with one attached hydrogen (secondary N) is 1. The molecule has 0 fully saturated rings. The molecule has 1 unspecified atom stereocenters. The molecule has 1 atom stereocenters. The van der Waals surface area contributed by atoms with Gasteiger partial charge in [-0.1, -0.05) is 23.7 Å². The van der Waals surface area contributed by atoms with Crippen LogP contribution in [0.3, 0.4) is 0 Å². The SMILES string of the molecule is O=C(NC=Cc1ccc(C(F)(F)F)cc1)C(c1csc2ccc(Cl)cc12)P(=O)(O)O. The van der Waals surface area contributed by atoms with E-state index >= 15 is 0 Å². The highest BCUT2D eigenvalue weighted by Crippen LogP contribution is 2.54. The molecule has 1 aromatic heterocycles. The minimum atomic E-state index is -4.88. The fraction of sp³-hybridized carbons (Fsp3) is 0.105. The maximum Gasteiger partial charge on any atom is 0.416 e. The first-order valence-corrected chi connectivity index (χ1v) is 11.3. The summed E-state index contributed by atoms with van der Waals surface area (Å²) in [7, 11) is -4.88. The molecule has 2 aromatic carbocycles. The second-order valence-electron chi connectivity index (χ2n) is 6.28. The van der Waals surface area contributed by atoms with Crippen LogP contribution in [0, 0.1) is 0 Å². The zero-order chi connectivity index (χ0) is 22.1. The number of carbonyl (C=O) groups is 1. The minimum Gasteiger partial charge on any atom is -0.332 e. The number of halogens is 4. The molecule has 0 spiro atoms. The summed E-state index contributed by atoms with van der Waals surface area (Å²) in [5.74, 6) is -0.953. The van der Waals surface area contributed by atoms with Crippen molar-refractivity contribution in [2.24, 2.45) is 0 Å². The van der Waals surface area contributed by atoms with Gasteiger partial charge in [0.05, 0.1) is 5.56 Å². The molecule has 11 heteroatoms. The van der Waals surface area contributed by atoms with Crippen LogP contribution in [0.1, 0.15) is 22.3 Å². The van der Waals surface area contributed by atoms with Crippen LogP contribution < -0.4 is 5.32 Å². The highest BCUT2D eigenvalue weighted by molar-refractivity contribution is 7.53. The highest BCUT2D eigenvalue weighted by Gasteiger charge is 2.38. The predicted molar refractivity (Wildman–Crippen MR) is 110 cm³/mol. The van der Waals surface area contributed by atoms with E-state index in [1.54, 1.807) is 12.1 Å². The first-order valence-electron chi connectivity index (χ1n) is 8.33. The standard InChI is InChI=1S/C19H14ClF3NO4PS/c20-13-5-6-16-14(9-13)15(10-30-16)17(29(26,27)28)18(25)24-8-7-11-1-3-12(4-2-11)19(21,22)23/h1-10,17H,(H,24,25)(H2,26,27,28). The third-order valence-electron chi connectivity index (χ3n) is 4.18. The first-order chi connectivity index (χ1) is 14.0. The van der Waals surface area contributed by atoms with Gasteiger partial charge in [0.1, 0.15) is 0 Å². The van der Waals surface area contributed by atoms with Crippen LogP contribution in [0.15, 0.2) is 54.0 Å². The molecule has 1 amide bonds. The molecule has 30 heavy (non-hydrogen) atoms. The van der Waals surface area contributed by atoms with Crippen molar-refractivity contribution in [1.82, 2.24) is 5.32 Å². The zero-order valence-electron chi connectivity index (χ0n) is 14.9. The van der Waals surface area contributed by atoms with Crippen molar-refractivity contribution in [2.75, 3.05) is 0 Å². The maximum atomic E-state index is 12.6. The van der Waals surface area contributed by atoms with Crippen LogP contribution >= 0.6 is 30.5 Å². The molecule has 0 aliphatic carbocycles. The largest absolute Gasteiger partial charge is 0.416 e. The molecule has 3 rings (SSSR count). The molecule has 158 valence electrons. The van der Waals surface area contributed by atoms with E-state index in [4.69, 9.17) is 11.6 Å². The molecule has 0 aliphatic rings. The van der Waals surface area contributed by atoms with E-state index in [1.807, 2.05) is 0 Å². The van der Waals surface area contributed by atoms with Crippen LogP contribution in [-0.2, 0) is 15.5 Å². The second kappa shape index (κ2) is 8.53. The molecular weight excluding hydrogens is 462 g/mol. The second-order valence-corrected chi connectivity index (χ2v) is 9.33. The molecule has 0 aliphatic heterocycles. The van der Waals surface area contributed by atoms with Gasteiger partial charge in [0.25, 0.3) is 0 Å². The number of alkyl halides is 3. The number of hydrogen-bond acceptors (Lipinski definition) is 3. The van der Waals surface area contributed by atoms with E-state index in [9.17, 15) is 32.3 Å². The summed E-state index contributed by atoms with van der Waals surface area (Å²) in [6, 6.07) is 9.04. The van der Waals surface area contributed by atoms with Gasteiger partial charge in [-0.3, -0.25) is 9.36 Å². The number of carbonyl (C=O) groups excluding carboxylic acids is 1. The Labute approximate surface area is 178 Å². The van der Waals surface area contributed by atoms with E-state index < -0.39 is 30.9 Å². The lowest BCUT2D eigenvalue weighted by Crippen LogP contribution is -2.25. The fourth-order valence-electron chi connectivity index (χ4n) is 2.79. The van der Waals surface area contributed by atoms with Gasteiger partial charge in [0.2, 0.25) is 5.91 Å². The zero-order valence-corrected chi connectivity index (χ0v) is 17.4. The maximum absolute atomic E-state index is 12.6. The van der Waals surface area contributed by atoms with E-state index in [-0.39, 0.29) is 5.56 Å². The Bertz CT molecular complexity index is 1150. The van der Waals surface area contributed by atoms with Gasteiger partial charge in [-0.15, -0.1) is 11.3 Å². The van der Waals surface area contributed by atoms with Crippen molar-refractivity contribution >= 4 is 52.6 Å². The molecule has 1 heterocycles. The number of amides is 1. The molecular formula is C19H14ClF3NO4PS. The van der Waals surface area contributed by atoms with Crippen molar-refractivity contribution < 1.29 is 32.3 Å². The van der Waals surface area contributed by atoms with Crippen LogP contribution in [0.25, 0.3) is 16.2 Å². The van der Waals surface area contributed by atoms with E-state index in [0.717, 1.165) is 18.3 Å². The average molecular weight is 476 g/mol. The van der Waals surface area contributed by atoms with E-state index in [1.165, 1.54) is 41.0 Å². The lowest BCUT2D eigenvalue weighted by molar-refractivity contribution is -0.137. The van der Waals surface area contributed by atoms with Crippen molar-refractivity contribution in [1.29, 1.82) is 0 Å². The predicted octanol–water partition coefficient (Wildman–Crippen LogP) is 5.58. The van der Waals surface area contributed by atoms with Gasteiger partial charge < -0.3 is 15.1 Å². The topological polar surface area (TPSA) is 86.6 Å². The summed E-state index contributed by atoms with van der Waals surface area (Å²) in [6.07, 6.45) is -2.02. The Hall–Kier alpha value is -2.16. The number of fused-ring (bicyclic) bond motifs is 1. The fourth-order valence-corrected chi connectivity index (χ4v) is 4.99. The molecule has 0 saturated heterocycles. The first kappa shape index (κ1) is 22.5. The third kappa shape index (κ3) is 5.11. The van der Waals surface area contributed by atoms with Crippen molar-refractivity contribution in [3.8, 4) is 0 Å². The summed E-state index contributed by atoms with van der Waals surface area (Å²) in [4.78, 5) is 32.1. The van der Waals surface area contributed by atoms with Gasteiger partial charge in [0.15, 0.2) is 5.66 Å². The molecule has 0 saturated carbocycles. The summed E-state index contributed by atoms with van der Waals surface area (Å²) in [6.45, 7) is 0. The summed E-state index contributed by atoms with van der Waals surface area (Å²) < 4.78 is 50.5. The van der Waals surface area contributed by atoms with Crippen molar-refractivity contribution in [2.45, 2.75) is 11.8 Å².